The number of benzene rings is 1. The van der Waals surface area contributed by atoms with Gasteiger partial charge in [0, 0.05) is 12.0 Å². The number of unbranched alkanes of at least 4 members (excludes halogenated alkanes) is 10. The van der Waals surface area contributed by atoms with Gasteiger partial charge in [0.15, 0.2) is 5.78 Å². The molecule has 0 aliphatic rings. The van der Waals surface area contributed by atoms with Gasteiger partial charge < -0.3 is 4.74 Å². The summed E-state index contributed by atoms with van der Waals surface area (Å²) in [6, 6.07) is 6.73. The van der Waals surface area contributed by atoms with Gasteiger partial charge in [0.05, 0.1) is 0 Å². The molecule has 0 N–H and O–H groups in total. The topological polar surface area (TPSA) is 43.4 Å². The van der Waals surface area contributed by atoms with Crippen molar-refractivity contribution in [2.45, 2.75) is 90.9 Å². The van der Waals surface area contributed by atoms with E-state index in [2.05, 4.69) is 6.92 Å². The fourth-order valence-corrected chi connectivity index (χ4v) is 2.87. The summed E-state index contributed by atoms with van der Waals surface area (Å²) in [5, 5.41) is 0. The highest BCUT2D eigenvalue weighted by atomic mass is 16.5. The second-order valence-corrected chi connectivity index (χ2v) is 6.84. The Labute approximate surface area is 153 Å². The Hall–Kier alpha value is -1.64. The van der Waals surface area contributed by atoms with Crippen LogP contribution in [0.3, 0.4) is 0 Å². The summed E-state index contributed by atoms with van der Waals surface area (Å²) in [5.41, 5.74) is 0.630. The van der Waals surface area contributed by atoms with Crippen LogP contribution in [-0.4, -0.2) is 11.8 Å². The maximum atomic E-state index is 11.8. The lowest BCUT2D eigenvalue weighted by atomic mass is 10.1. The Morgan fingerprint density at radius 1 is 0.760 bits per heavy atom. The third kappa shape index (κ3) is 10.8. The van der Waals surface area contributed by atoms with E-state index in [4.69, 9.17) is 4.74 Å². The van der Waals surface area contributed by atoms with E-state index in [9.17, 15) is 9.59 Å². The minimum atomic E-state index is -0.188. The molecular weight excluding hydrogens is 312 g/mol. The molecule has 3 heteroatoms. The fourth-order valence-electron chi connectivity index (χ4n) is 2.87. The predicted molar refractivity (Wildman–Crippen MR) is 103 cm³/mol. The standard InChI is InChI=1S/C22H34O3/c1-3-4-5-6-7-8-9-10-11-12-13-14-22(24)25-21-17-15-20(16-18-21)19(2)23/h15-18H,3-14H2,1-2H3. The van der Waals surface area contributed by atoms with E-state index in [1.807, 2.05) is 0 Å². The number of carbonyl (C=O) groups excluding carboxylic acids is 2. The first-order chi connectivity index (χ1) is 12.1. The average molecular weight is 347 g/mol. The minimum absolute atomic E-state index is 0.0128. The summed E-state index contributed by atoms with van der Waals surface area (Å²) in [6.07, 6.45) is 14.4. The summed E-state index contributed by atoms with van der Waals surface area (Å²) < 4.78 is 5.29. The minimum Gasteiger partial charge on any atom is -0.427 e. The molecule has 0 heterocycles. The lowest BCUT2D eigenvalue weighted by Gasteiger charge is -2.05. The first-order valence-corrected chi connectivity index (χ1v) is 9.95. The Morgan fingerprint density at radius 2 is 1.24 bits per heavy atom. The predicted octanol–water partition coefficient (Wildman–Crippen LogP) is 6.50. The smallest absolute Gasteiger partial charge is 0.311 e. The Balaban J connectivity index is 1.99. The van der Waals surface area contributed by atoms with Gasteiger partial charge in [0.2, 0.25) is 0 Å². The molecule has 0 atom stereocenters. The number of Topliss-reactive ketones (excluding diaryl/α,β-unsaturated/α-hetero) is 1. The molecule has 0 radical (unpaired) electrons. The first-order valence-electron chi connectivity index (χ1n) is 9.95. The summed E-state index contributed by atoms with van der Waals surface area (Å²) in [7, 11) is 0. The third-order valence-electron chi connectivity index (χ3n) is 4.48. The van der Waals surface area contributed by atoms with Crippen molar-refractivity contribution >= 4 is 11.8 Å². The van der Waals surface area contributed by atoms with Crippen LogP contribution in [-0.2, 0) is 4.79 Å². The van der Waals surface area contributed by atoms with Crippen molar-refractivity contribution in [1.29, 1.82) is 0 Å². The highest BCUT2D eigenvalue weighted by Crippen LogP contribution is 2.15. The number of carbonyl (C=O) groups is 2. The van der Waals surface area contributed by atoms with E-state index in [1.165, 1.54) is 64.7 Å². The molecule has 0 saturated carbocycles. The summed E-state index contributed by atoms with van der Waals surface area (Å²) in [6.45, 7) is 3.77. The zero-order valence-corrected chi connectivity index (χ0v) is 16.0. The number of hydrogen-bond acceptors (Lipinski definition) is 3. The largest absolute Gasteiger partial charge is 0.427 e. The summed E-state index contributed by atoms with van der Waals surface area (Å²) in [4.78, 5) is 23.0. The number of ether oxygens (including phenoxy) is 1. The van der Waals surface area contributed by atoms with Crippen LogP contribution in [0.5, 0.6) is 5.75 Å². The number of rotatable bonds is 14. The van der Waals surface area contributed by atoms with Crippen molar-refractivity contribution in [3.05, 3.63) is 29.8 Å². The van der Waals surface area contributed by atoms with Crippen molar-refractivity contribution in [3.8, 4) is 5.75 Å². The van der Waals surface area contributed by atoms with Gasteiger partial charge in [-0.05, 0) is 37.6 Å². The van der Waals surface area contributed by atoms with Gasteiger partial charge in [-0.1, -0.05) is 71.1 Å². The van der Waals surface area contributed by atoms with Crippen molar-refractivity contribution in [1.82, 2.24) is 0 Å². The van der Waals surface area contributed by atoms with Gasteiger partial charge in [0.25, 0.3) is 0 Å². The normalized spacial score (nSPS) is 10.6. The molecule has 25 heavy (non-hydrogen) atoms. The van der Waals surface area contributed by atoms with Crippen LogP contribution in [0.15, 0.2) is 24.3 Å². The van der Waals surface area contributed by atoms with Crippen LogP contribution in [0.25, 0.3) is 0 Å². The van der Waals surface area contributed by atoms with Crippen LogP contribution in [0.4, 0.5) is 0 Å². The van der Waals surface area contributed by atoms with E-state index in [1.54, 1.807) is 24.3 Å². The Bertz CT molecular complexity index is 490. The zero-order valence-electron chi connectivity index (χ0n) is 16.0. The van der Waals surface area contributed by atoms with Gasteiger partial charge in [-0.3, -0.25) is 9.59 Å². The van der Waals surface area contributed by atoms with E-state index >= 15 is 0 Å². The van der Waals surface area contributed by atoms with Crippen molar-refractivity contribution in [2.24, 2.45) is 0 Å². The summed E-state index contributed by atoms with van der Waals surface area (Å²) >= 11 is 0. The van der Waals surface area contributed by atoms with Crippen molar-refractivity contribution in [3.63, 3.8) is 0 Å². The molecule has 0 aromatic heterocycles. The Kier molecular flexibility index (Phi) is 11.7. The highest BCUT2D eigenvalue weighted by Gasteiger charge is 2.06. The molecule has 0 fully saturated rings. The van der Waals surface area contributed by atoms with Gasteiger partial charge in [-0.25, -0.2) is 0 Å². The van der Waals surface area contributed by atoms with Crippen LogP contribution in [0.2, 0.25) is 0 Å². The molecule has 0 bridgehead atoms. The maximum absolute atomic E-state index is 11.8. The molecular formula is C22H34O3. The monoisotopic (exact) mass is 346 g/mol. The number of esters is 1. The second-order valence-electron chi connectivity index (χ2n) is 6.84. The van der Waals surface area contributed by atoms with Crippen LogP contribution in [0.1, 0.15) is 101 Å². The van der Waals surface area contributed by atoms with Crippen molar-refractivity contribution < 1.29 is 14.3 Å². The van der Waals surface area contributed by atoms with Crippen LogP contribution >= 0.6 is 0 Å². The quantitative estimate of drug-likeness (QED) is 0.167. The zero-order chi connectivity index (χ0) is 18.3. The third-order valence-corrected chi connectivity index (χ3v) is 4.48. The molecule has 1 rings (SSSR count). The van der Waals surface area contributed by atoms with E-state index < -0.39 is 0 Å². The molecule has 0 unspecified atom stereocenters. The average Bonchev–Trinajstić information content (AvgIpc) is 2.60. The fraction of sp³-hybridized carbons (Fsp3) is 0.636. The molecule has 0 aliphatic carbocycles. The molecule has 140 valence electrons. The SMILES string of the molecule is CCCCCCCCCCCCCC(=O)Oc1ccc(C(C)=O)cc1. The van der Waals surface area contributed by atoms with Gasteiger partial charge in [-0.15, -0.1) is 0 Å². The van der Waals surface area contributed by atoms with Crippen LogP contribution < -0.4 is 4.74 Å². The van der Waals surface area contributed by atoms with Gasteiger partial charge in [-0.2, -0.15) is 0 Å². The molecule has 0 saturated heterocycles. The first kappa shape index (κ1) is 21.4. The Morgan fingerprint density at radius 3 is 1.72 bits per heavy atom. The number of hydrogen-bond donors (Lipinski definition) is 0. The lowest BCUT2D eigenvalue weighted by Crippen LogP contribution is -2.07. The van der Waals surface area contributed by atoms with E-state index in [0.29, 0.717) is 17.7 Å². The lowest BCUT2D eigenvalue weighted by molar-refractivity contribution is -0.134. The van der Waals surface area contributed by atoms with Crippen LogP contribution in [0, 0.1) is 0 Å². The summed E-state index contributed by atoms with van der Waals surface area (Å²) in [5.74, 6) is 0.336. The molecule has 1 aromatic rings. The second kappa shape index (κ2) is 13.6. The molecule has 0 spiro atoms. The molecule has 3 nitrogen and oxygen atoms in total. The highest BCUT2D eigenvalue weighted by molar-refractivity contribution is 5.94. The molecule has 0 aliphatic heterocycles. The molecule has 0 amide bonds. The van der Waals surface area contributed by atoms with E-state index in [0.717, 1.165) is 12.8 Å². The van der Waals surface area contributed by atoms with Gasteiger partial charge >= 0.3 is 5.97 Å². The van der Waals surface area contributed by atoms with E-state index in [-0.39, 0.29) is 11.8 Å². The van der Waals surface area contributed by atoms with Crippen molar-refractivity contribution in [2.75, 3.05) is 0 Å². The maximum Gasteiger partial charge on any atom is 0.311 e. The number of ketones is 1. The molecule has 1 aromatic carbocycles. The van der Waals surface area contributed by atoms with Gasteiger partial charge in [0.1, 0.15) is 5.75 Å².